The van der Waals surface area contributed by atoms with E-state index in [1.807, 2.05) is 0 Å². The van der Waals surface area contributed by atoms with Crippen LogP contribution in [0.3, 0.4) is 0 Å². The molecule has 0 radical (unpaired) electrons. The summed E-state index contributed by atoms with van der Waals surface area (Å²) in [6.45, 7) is 5.57. The van der Waals surface area contributed by atoms with Crippen LogP contribution in [0, 0.1) is 0 Å². The van der Waals surface area contributed by atoms with Gasteiger partial charge in [0.1, 0.15) is 11.6 Å². The fraction of sp³-hybridized carbons (Fsp3) is 0.238. The van der Waals surface area contributed by atoms with Gasteiger partial charge in [-0.1, -0.05) is 6.58 Å². The first-order valence-corrected chi connectivity index (χ1v) is 9.29. The van der Waals surface area contributed by atoms with Crippen molar-refractivity contribution in [3.63, 3.8) is 0 Å². The zero-order valence-corrected chi connectivity index (χ0v) is 16.8. The summed E-state index contributed by atoms with van der Waals surface area (Å²) in [5.41, 5.74) is -0.110. The molecular formula is C21H22FN5O3. The van der Waals surface area contributed by atoms with E-state index in [1.54, 1.807) is 28.8 Å². The van der Waals surface area contributed by atoms with Crippen molar-refractivity contribution in [1.82, 2.24) is 18.9 Å². The number of carbonyl (C=O) groups is 1. The molecule has 8 nitrogen and oxygen atoms in total. The highest BCUT2D eigenvalue weighted by Crippen LogP contribution is 2.13. The van der Waals surface area contributed by atoms with Crippen LogP contribution in [-0.2, 0) is 11.3 Å². The summed E-state index contributed by atoms with van der Waals surface area (Å²) in [6, 6.07) is 3.29. The van der Waals surface area contributed by atoms with Gasteiger partial charge in [0.2, 0.25) is 11.6 Å². The van der Waals surface area contributed by atoms with Crippen molar-refractivity contribution in [3.8, 4) is 5.75 Å². The maximum absolute atomic E-state index is 13.2. The molecule has 0 atom stereocenters. The second-order valence-electron chi connectivity index (χ2n) is 6.56. The molecule has 1 amide bonds. The normalized spacial score (nSPS) is 12.4. The molecule has 0 saturated carbocycles. The number of halogens is 1. The summed E-state index contributed by atoms with van der Waals surface area (Å²) in [6.07, 6.45) is 8.07. The van der Waals surface area contributed by atoms with E-state index in [0.717, 1.165) is 0 Å². The van der Waals surface area contributed by atoms with Crippen molar-refractivity contribution >= 4 is 30.0 Å². The summed E-state index contributed by atoms with van der Waals surface area (Å²) in [5, 5.41) is 3.66. The van der Waals surface area contributed by atoms with Crippen LogP contribution in [0.4, 0.5) is 10.2 Å². The topological polar surface area (TPSA) is 90.5 Å². The van der Waals surface area contributed by atoms with Gasteiger partial charge in [-0.05, 0) is 31.6 Å². The maximum Gasteiger partial charge on any atom is 0.294 e. The monoisotopic (exact) mass is 411 g/mol. The van der Waals surface area contributed by atoms with Crippen LogP contribution >= 0.6 is 0 Å². The van der Waals surface area contributed by atoms with E-state index in [9.17, 15) is 14.0 Å². The Labute approximate surface area is 171 Å². The number of pyridine rings is 1. The molecule has 0 aliphatic heterocycles. The number of allylic oxidation sites excluding steroid dienone is 2. The van der Waals surface area contributed by atoms with E-state index < -0.39 is 0 Å². The quantitative estimate of drug-likeness (QED) is 0.634. The average Bonchev–Trinajstić information content (AvgIpc) is 3.20. The Bertz CT molecular complexity index is 1270. The van der Waals surface area contributed by atoms with Gasteiger partial charge in [-0.15, -0.1) is 0 Å². The Morgan fingerprint density at radius 3 is 2.90 bits per heavy atom. The molecule has 3 aromatic rings. The summed E-state index contributed by atoms with van der Waals surface area (Å²) in [5.74, 6) is 0.364. The van der Waals surface area contributed by atoms with E-state index in [4.69, 9.17) is 4.74 Å². The number of amides is 1. The van der Waals surface area contributed by atoms with E-state index in [1.165, 1.54) is 37.1 Å². The fourth-order valence-corrected chi connectivity index (χ4v) is 2.99. The lowest BCUT2D eigenvalue weighted by Gasteiger charge is -2.09. The molecule has 1 N–H and O–H groups in total. The number of anilines is 1. The molecule has 156 valence electrons. The SMILES string of the molecule is C=c1/c(=C\C=C(/C)F)n2ccnc2c(=O)n1CCCC(=O)Nc1cc(OC)ccn1. The second kappa shape index (κ2) is 9.17. The number of nitrogens with one attached hydrogen (secondary N) is 1. The number of aromatic nitrogens is 4. The second-order valence-corrected chi connectivity index (χ2v) is 6.56. The third-order valence-corrected chi connectivity index (χ3v) is 4.45. The van der Waals surface area contributed by atoms with Crippen molar-refractivity contribution in [2.45, 2.75) is 26.3 Å². The Hall–Kier alpha value is -3.75. The van der Waals surface area contributed by atoms with E-state index in [2.05, 4.69) is 21.9 Å². The van der Waals surface area contributed by atoms with Crippen molar-refractivity contribution in [2.24, 2.45) is 0 Å². The van der Waals surface area contributed by atoms with E-state index in [0.29, 0.717) is 28.7 Å². The number of methoxy groups -OCH3 is 1. The van der Waals surface area contributed by atoms with Crippen molar-refractivity contribution in [2.75, 3.05) is 12.4 Å². The first-order valence-electron chi connectivity index (χ1n) is 9.29. The van der Waals surface area contributed by atoms with Crippen LogP contribution in [0.25, 0.3) is 18.3 Å². The molecule has 0 aromatic carbocycles. The standard InChI is InChI=1S/C21H22FN5O3/c1-14(22)6-7-17-15(2)26(21(29)20-24-10-12-27(17)20)11-4-5-19(28)25-18-13-16(30-3)8-9-23-18/h6-10,12-13H,2,4-5,11H2,1,3H3,(H,23,25,28)/b14-6+,17-7+. The minimum atomic E-state index is -0.372. The smallest absolute Gasteiger partial charge is 0.294 e. The van der Waals surface area contributed by atoms with Gasteiger partial charge in [0, 0.05) is 37.6 Å². The number of hydrogen-bond donors (Lipinski definition) is 1. The van der Waals surface area contributed by atoms with Crippen LogP contribution < -0.4 is 26.3 Å². The van der Waals surface area contributed by atoms with Crippen LogP contribution in [0.2, 0.25) is 0 Å². The molecule has 3 heterocycles. The van der Waals surface area contributed by atoms with Gasteiger partial charge < -0.3 is 14.6 Å². The molecule has 30 heavy (non-hydrogen) atoms. The lowest BCUT2D eigenvalue weighted by Crippen LogP contribution is -2.46. The molecule has 0 unspecified atom stereocenters. The number of nitrogens with zero attached hydrogens (tertiary/aromatic N) is 4. The number of rotatable bonds is 7. The number of ether oxygens (including phenoxy) is 1. The molecule has 0 bridgehead atoms. The average molecular weight is 411 g/mol. The summed E-state index contributed by atoms with van der Waals surface area (Å²) < 4.78 is 21.3. The number of hydrogen-bond acceptors (Lipinski definition) is 5. The molecule has 3 aromatic heterocycles. The van der Waals surface area contributed by atoms with Crippen LogP contribution in [0.15, 0.2) is 47.4 Å². The lowest BCUT2D eigenvalue weighted by atomic mass is 10.2. The fourth-order valence-electron chi connectivity index (χ4n) is 2.99. The van der Waals surface area contributed by atoms with Gasteiger partial charge in [0.25, 0.3) is 5.56 Å². The van der Waals surface area contributed by atoms with E-state index >= 15 is 0 Å². The Morgan fingerprint density at radius 1 is 1.37 bits per heavy atom. The van der Waals surface area contributed by atoms with Crippen molar-refractivity contribution in [3.05, 3.63) is 63.7 Å². The van der Waals surface area contributed by atoms with Crippen LogP contribution in [-0.4, -0.2) is 32.0 Å². The molecule has 0 saturated heterocycles. The summed E-state index contributed by atoms with van der Waals surface area (Å²) in [4.78, 5) is 33.1. The summed E-state index contributed by atoms with van der Waals surface area (Å²) >= 11 is 0. The van der Waals surface area contributed by atoms with Gasteiger partial charge in [-0.2, -0.15) is 0 Å². The predicted octanol–water partition coefficient (Wildman–Crippen LogP) is 1.38. The molecule has 0 spiro atoms. The third-order valence-electron chi connectivity index (χ3n) is 4.45. The van der Waals surface area contributed by atoms with Crippen LogP contribution in [0.1, 0.15) is 19.8 Å². The highest BCUT2D eigenvalue weighted by atomic mass is 19.1. The Kier molecular flexibility index (Phi) is 6.41. The van der Waals surface area contributed by atoms with Gasteiger partial charge in [0.05, 0.1) is 23.6 Å². The largest absolute Gasteiger partial charge is 0.497 e. The zero-order valence-electron chi connectivity index (χ0n) is 16.8. The number of imidazole rings is 1. The van der Waals surface area contributed by atoms with Gasteiger partial charge in [-0.3, -0.25) is 14.0 Å². The zero-order chi connectivity index (χ0) is 21.7. The number of carbonyl (C=O) groups excluding carboxylic acids is 1. The molecule has 0 aliphatic rings. The first kappa shape index (κ1) is 21.0. The summed E-state index contributed by atoms with van der Waals surface area (Å²) in [7, 11) is 1.53. The third kappa shape index (κ3) is 4.62. The Morgan fingerprint density at radius 2 is 2.17 bits per heavy atom. The minimum absolute atomic E-state index is 0.174. The molecular weight excluding hydrogens is 389 g/mol. The highest BCUT2D eigenvalue weighted by Gasteiger charge is 2.10. The van der Waals surface area contributed by atoms with Crippen LogP contribution in [0.5, 0.6) is 5.75 Å². The Balaban J connectivity index is 1.78. The van der Waals surface area contributed by atoms with Gasteiger partial charge >= 0.3 is 0 Å². The minimum Gasteiger partial charge on any atom is -0.497 e. The molecule has 9 heteroatoms. The molecule has 3 rings (SSSR count). The highest BCUT2D eigenvalue weighted by molar-refractivity contribution is 5.89. The molecule has 0 aliphatic carbocycles. The maximum atomic E-state index is 13.2. The van der Waals surface area contributed by atoms with Crippen molar-refractivity contribution < 1.29 is 13.9 Å². The van der Waals surface area contributed by atoms with Crippen molar-refractivity contribution in [1.29, 1.82) is 0 Å². The lowest BCUT2D eigenvalue weighted by molar-refractivity contribution is -0.116. The number of fused-ring (bicyclic) bond motifs is 1. The predicted molar refractivity (Wildman–Crippen MR) is 112 cm³/mol. The van der Waals surface area contributed by atoms with Gasteiger partial charge in [-0.25, -0.2) is 14.4 Å². The van der Waals surface area contributed by atoms with E-state index in [-0.39, 0.29) is 35.9 Å². The van der Waals surface area contributed by atoms with Gasteiger partial charge in [0.15, 0.2) is 0 Å². The first-order chi connectivity index (χ1) is 14.4. The molecule has 0 fully saturated rings.